The van der Waals surface area contributed by atoms with Crippen LogP contribution in [0.25, 0.3) is 0 Å². The van der Waals surface area contributed by atoms with Crippen molar-refractivity contribution in [1.82, 2.24) is 20.1 Å². The molecule has 1 N–H and O–H groups in total. The Morgan fingerprint density at radius 1 is 1.15 bits per heavy atom. The molecule has 0 radical (unpaired) electrons. The summed E-state index contributed by atoms with van der Waals surface area (Å²) in [4.78, 5) is 33.2. The molecule has 0 spiro atoms. The van der Waals surface area contributed by atoms with Gasteiger partial charge in [-0.2, -0.15) is 0 Å². The molecule has 138 valence electrons. The van der Waals surface area contributed by atoms with Crippen LogP contribution in [0.15, 0.2) is 59.9 Å². The van der Waals surface area contributed by atoms with E-state index in [0.29, 0.717) is 25.1 Å². The lowest BCUT2D eigenvalue weighted by atomic mass is 9.95. The molecule has 0 bridgehead atoms. The first-order valence-corrected chi connectivity index (χ1v) is 9.07. The number of carbonyl (C=O) groups excluding carboxylic acids is 2. The fourth-order valence-electron chi connectivity index (χ4n) is 3.61. The monoisotopic (exact) mass is 362 g/mol. The van der Waals surface area contributed by atoms with E-state index in [2.05, 4.69) is 10.3 Å². The standard InChI is InChI=1S/C21H22N4O2/c1-14-6-8-15(9-7-14)19-18-17(24(2)21(27)23-19)13-25(20(18)26)12-10-16-5-3-4-11-22-16/h3-9,11,19H,10,12-13H2,1-2H3,(H,23,27)/t19-/m0/s1. The largest absolute Gasteiger partial charge is 0.333 e. The molecule has 4 rings (SSSR count). The average molecular weight is 362 g/mol. The molecule has 1 aromatic heterocycles. The van der Waals surface area contributed by atoms with Crippen molar-refractivity contribution >= 4 is 11.9 Å². The minimum atomic E-state index is -0.406. The van der Waals surface area contributed by atoms with Crippen molar-refractivity contribution in [3.05, 3.63) is 76.8 Å². The Hall–Kier alpha value is -3.15. The first kappa shape index (κ1) is 17.3. The van der Waals surface area contributed by atoms with E-state index in [1.807, 2.05) is 49.4 Å². The third-order valence-electron chi connectivity index (χ3n) is 5.21. The van der Waals surface area contributed by atoms with Crippen LogP contribution >= 0.6 is 0 Å². The van der Waals surface area contributed by atoms with Crippen molar-refractivity contribution in [3.8, 4) is 0 Å². The zero-order chi connectivity index (χ0) is 19.0. The molecule has 1 aromatic carbocycles. The molecular weight excluding hydrogens is 340 g/mol. The number of aryl methyl sites for hydroxylation is 1. The van der Waals surface area contributed by atoms with Crippen molar-refractivity contribution < 1.29 is 9.59 Å². The van der Waals surface area contributed by atoms with Gasteiger partial charge in [0.25, 0.3) is 5.91 Å². The Labute approximate surface area is 158 Å². The van der Waals surface area contributed by atoms with Gasteiger partial charge in [-0.05, 0) is 24.6 Å². The summed E-state index contributed by atoms with van der Waals surface area (Å²) in [6, 6.07) is 13.1. The molecule has 2 aliphatic heterocycles. The third-order valence-corrected chi connectivity index (χ3v) is 5.21. The quantitative estimate of drug-likeness (QED) is 0.908. The number of nitrogens with zero attached hydrogens (tertiary/aromatic N) is 3. The Kier molecular flexibility index (Phi) is 4.39. The molecule has 0 saturated carbocycles. The van der Waals surface area contributed by atoms with Gasteiger partial charge in [0.2, 0.25) is 0 Å². The van der Waals surface area contributed by atoms with Crippen LogP contribution in [-0.2, 0) is 11.2 Å². The van der Waals surface area contributed by atoms with Crippen LogP contribution in [0, 0.1) is 6.92 Å². The Morgan fingerprint density at radius 2 is 1.93 bits per heavy atom. The van der Waals surface area contributed by atoms with Crippen molar-refractivity contribution in [2.45, 2.75) is 19.4 Å². The number of pyridine rings is 1. The fourth-order valence-corrected chi connectivity index (χ4v) is 3.61. The lowest BCUT2D eigenvalue weighted by Crippen LogP contribution is -2.45. The second-order valence-corrected chi connectivity index (χ2v) is 7.01. The summed E-state index contributed by atoms with van der Waals surface area (Å²) in [7, 11) is 1.71. The van der Waals surface area contributed by atoms with Crippen molar-refractivity contribution in [2.24, 2.45) is 0 Å². The molecule has 3 amide bonds. The van der Waals surface area contributed by atoms with Gasteiger partial charge in [0.05, 0.1) is 23.9 Å². The highest BCUT2D eigenvalue weighted by atomic mass is 16.2. The van der Waals surface area contributed by atoms with Crippen molar-refractivity contribution in [3.63, 3.8) is 0 Å². The number of aromatic nitrogens is 1. The molecule has 2 aromatic rings. The van der Waals surface area contributed by atoms with Gasteiger partial charge in [0, 0.05) is 31.9 Å². The Morgan fingerprint density at radius 3 is 2.63 bits per heavy atom. The van der Waals surface area contributed by atoms with E-state index in [-0.39, 0.29) is 11.9 Å². The van der Waals surface area contributed by atoms with E-state index in [1.54, 1.807) is 23.0 Å². The minimum Gasteiger partial charge on any atom is -0.333 e. The van der Waals surface area contributed by atoms with Crippen LogP contribution in [0.3, 0.4) is 0 Å². The van der Waals surface area contributed by atoms with E-state index in [0.717, 1.165) is 22.5 Å². The second-order valence-electron chi connectivity index (χ2n) is 7.01. The number of nitrogens with one attached hydrogen (secondary N) is 1. The summed E-state index contributed by atoms with van der Waals surface area (Å²) in [5.74, 6) is -0.0154. The van der Waals surface area contributed by atoms with Gasteiger partial charge >= 0.3 is 6.03 Å². The highest BCUT2D eigenvalue weighted by Gasteiger charge is 2.42. The molecule has 0 saturated heterocycles. The van der Waals surface area contributed by atoms with Crippen LogP contribution < -0.4 is 5.32 Å². The van der Waals surface area contributed by atoms with E-state index < -0.39 is 6.04 Å². The maximum Gasteiger partial charge on any atom is 0.322 e. The minimum absolute atomic E-state index is 0.0154. The van der Waals surface area contributed by atoms with Crippen LogP contribution in [-0.4, -0.2) is 46.9 Å². The number of rotatable bonds is 4. The topological polar surface area (TPSA) is 65.5 Å². The SMILES string of the molecule is Cc1ccc([C@@H]2NC(=O)N(C)C3=C2C(=O)N(CCc2ccccn2)C3)cc1. The summed E-state index contributed by atoms with van der Waals surface area (Å²) in [5.41, 5.74) is 4.47. The zero-order valence-electron chi connectivity index (χ0n) is 15.5. The Balaban J connectivity index is 1.59. The fraction of sp³-hybridized carbons (Fsp3) is 0.286. The van der Waals surface area contributed by atoms with Gasteiger partial charge in [0.1, 0.15) is 0 Å². The van der Waals surface area contributed by atoms with Crippen LogP contribution in [0.2, 0.25) is 0 Å². The number of hydrogen-bond acceptors (Lipinski definition) is 3. The molecule has 0 unspecified atom stereocenters. The predicted octanol–water partition coefficient (Wildman–Crippen LogP) is 2.43. The molecule has 2 aliphatic rings. The lowest BCUT2D eigenvalue weighted by Gasteiger charge is -2.31. The number of hydrogen-bond donors (Lipinski definition) is 1. The lowest BCUT2D eigenvalue weighted by molar-refractivity contribution is -0.125. The van der Waals surface area contributed by atoms with E-state index in [9.17, 15) is 9.59 Å². The maximum absolute atomic E-state index is 13.1. The molecule has 0 aliphatic carbocycles. The normalized spacial score (nSPS) is 19.4. The molecule has 6 nitrogen and oxygen atoms in total. The van der Waals surface area contributed by atoms with Gasteiger partial charge < -0.3 is 10.2 Å². The van der Waals surface area contributed by atoms with Gasteiger partial charge in [0.15, 0.2) is 0 Å². The summed E-state index contributed by atoms with van der Waals surface area (Å²) >= 11 is 0. The summed E-state index contributed by atoms with van der Waals surface area (Å²) in [6.07, 6.45) is 2.45. The summed E-state index contributed by atoms with van der Waals surface area (Å²) < 4.78 is 0. The van der Waals surface area contributed by atoms with E-state index in [4.69, 9.17) is 0 Å². The molecule has 3 heterocycles. The first-order valence-electron chi connectivity index (χ1n) is 9.07. The number of benzene rings is 1. The van der Waals surface area contributed by atoms with Gasteiger partial charge in [-0.15, -0.1) is 0 Å². The van der Waals surface area contributed by atoms with Crippen LogP contribution in [0.5, 0.6) is 0 Å². The van der Waals surface area contributed by atoms with Gasteiger partial charge in [-0.25, -0.2) is 4.79 Å². The number of carbonyl (C=O) groups is 2. The smallest absolute Gasteiger partial charge is 0.322 e. The number of likely N-dealkylation sites (N-methyl/N-ethyl adjacent to an activating group) is 1. The van der Waals surface area contributed by atoms with Crippen LogP contribution in [0.1, 0.15) is 22.9 Å². The highest BCUT2D eigenvalue weighted by molar-refractivity contribution is 6.01. The molecule has 6 heteroatoms. The predicted molar refractivity (Wildman–Crippen MR) is 102 cm³/mol. The average Bonchev–Trinajstić information content (AvgIpc) is 3.01. The molecule has 0 fully saturated rings. The van der Waals surface area contributed by atoms with Gasteiger partial charge in [-0.1, -0.05) is 35.9 Å². The third kappa shape index (κ3) is 3.18. The number of amides is 3. The number of urea groups is 1. The van der Waals surface area contributed by atoms with Gasteiger partial charge in [-0.3, -0.25) is 14.7 Å². The van der Waals surface area contributed by atoms with E-state index in [1.165, 1.54) is 0 Å². The highest BCUT2D eigenvalue weighted by Crippen LogP contribution is 2.35. The maximum atomic E-state index is 13.1. The van der Waals surface area contributed by atoms with Crippen molar-refractivity contribution in [1.29, 1.82) is 0 Å². The summed E-state index contributed by atoms with van der Waals surface area (Å²) in [5, 5.41) is 2.97. The molecule has 27 heavy (non-hydrogen) atoms. The molecular formula is C21H22N4O2. The van der Waals surface area contributed by atoms with E-state index >= 15 is 0 Å². The van der Waals surface area contributed by atoms with Crippen molar-refractivity contribution in [2.75, 3.05) is 20.1 Å². The zero-order valence-corrected chi connectivity index (χ0v) is 15.5. The summed E-state index contributed by atoms with van der Waals surface area (Å²) in [6.45, 7) is 3.04. The molecule has 1 atom stereocenters. The van der Waals surface area contributed by atoms with Crippen LogP contribution in [0.4, 0.5) is 4.79 Å². The Bertz CT molecular complexity index is 906. The second kappa shape index (κ2) is 6.87. The first-order chi connectivity index (χ1) is 13.0.